The van der Waals surface area contributed by atoms with E-state index in [4.69, 9.17) is 51.5 Å². The molecule has 0 atom stereocenters. The van der Waals surface area contributed by atoms with Crippen LogP contribution in [0.15, 0.2) is 0 Å². The predicted molar refractivity (Wildman–Crippen MR) is 184 cm³/mol. The maximum Gasteiger partial charge on any atom is 0.318 e. The first-order valence-corrected chi connectivity index (χ1v) is 22.4. The molecule has 0 saturated carbocycles. The van der Waals surface area contributed by atoms with Crippen LogP contribution in [0.5, 0.6) is 0 Å². The molecule has 0 aliphatic heterocycles. The van der Waals surface area contributed by atoms with Crippen LogP contribution in [0.4, 0.5) is 0 Å². The molecule has 47 heavy (non-hydrogen) atoms. The SMILES string of the molecule is CC(C)(C)[Si](C)(C)OC(=O)COCCOCCOCCOCCOCCOCCOCCOCCOCC(=O)O[Si](C)(C)C(C)(C)C. The zero-order valence-electron chi connectivity index (χ0n) is 31.0. The van der Waals surface area contributed by atoms with Gasteiger partial charge in [0.2, 0.25) is 0 Å². The Bertz CT molecular complexity index is 735. The molecular formula is C32H66O13Si2. The second-order valence-electron chi connectivity index (χ2n) is 13.9. The van der Waals surface area contributed by atoms with Crippen LogP contribution in [0.1, 0.15) is 41.5 Å². The molecule has 0 fully saturated rings. The van der Waals surface area contributed by atoms with Gasteiger partial charge in [-0.25, -0.2) is 0 Å². The topological polar surface area (TPSA) is 136 Å². The van der Waals surface area contributed by atoms with Gasteiger partial charge in [-0.1, -0.05) is 41.5 Å². The number of ether oxygens (including phenoxy) is 9. The van der Waals surface area contributed by atoms with Crippen molar-refractivity contribution in [3.63, 3.8) is 0 Å². The van der Waals surface area contributed by atoms with Gasteiger partial charge in [0.05, 0.1) is 106 Å². The van der Waals surface area contributed by atoms with E-state index < -0.39 is 16.6 Å². The average molecular weight is 715 g/mol. The van der Waals surface area contributed by atoms with Crippen LogP contribution in [-0.2, 0) is 61.1 Å². The normalized spacial score (nSPS) is 12.8. The largest absolute Gasteiger partial charge is 0.517 e. The highest BCUT2D eigenvalue weighted by Gasteiger charge is 2.41. The van der Waals surface area contributed by atoms with Crippen molar-refractivity contribution in [3.8, 4) is 0 Å². The number of carbonyl (C=O) groups is 2. The molecule has 15 heteroatoms. The van der Waals surface area contributed by atoms with E-state index in [1.807, 2.05) is 26.2 Å². The second-order valence-corrected chi connectivity index (χ2v) is 23.3. The molecule has 0 spiro atoms. The minimum atomic E-state index is -2.11. The summed E-state index contributed by atoms with van der Waals surface area (Å²) in [6, 6.07) is 0. The number of hydrogen-bond donors (Lipinski definition) is 0. The Balaban J connectivity index is 3.31. The van der Waals surface area contributed by atoms with Gasteiger partial charge >= 0.3 is 11.9 Å². The fourth-order valence-electron chi connectivity index (χ4n) is 2.90. The first kappa shape index (κ1) is 46.0. The average Bonchev–Trinajstić information content (AvgIpc) is 2.95. The first-order valence-electron chi connectivity index (χ1n) is 16.6. The molecule has 0 aliphatic rings. The van der Waals surface area contributed by atoms with E-state index >= 15 is 0 Å². The predicted octanol–water partition coefficient (Wildman–Crippen LogP) is 4.23. The summed E-state index contributed by atoms with van der Waals surface area (Å²) in [7, 11) is -4.23. The number of hydrogen-bond acceptors (Lipinski definition) is 13. The third-order valence-corrected chi connectivity index (χ3v) is 16.5. The zero-order valence-corrected chi connectivity index (χ0v) is 33.0. The van der Waals surface area contributed by atoms with Crippen LogP contribution in [0.3, 0.4) is 0 Å². The van der Waals surface area contributed by atoms with Gasteiger partial charge in [-0.05, 0) is 36.3 Å². The highest BCUT2D eigenvalue weighted by atomic mass is 28.4. The van der Waals surface area contributed by atoms with E-state index in [1.165, 1.54) is 0 Å². The Morgan fingerprint density at radius 1 is 0.362 bits per heavy atom. The first-order chi connectivity index (χ1) is 22.0. The van der Waals surface area contributed by atoms with Crippen LogP contribution in [0.2, 0.25) is 36.3 Å². The molecular weight excluding hydrogens is 649 g/mol. The molecule has 0 N–H and O–H groups in total. The van der Waals surface area contributed by atoms with Crippen molar-refractivity contribution < 1.29 is 61.1 Å². The Morgan fingerprint density at radius 3 is 0.702 bits per heavy atom. The van der Waals surface area contributed by atoms with Crippen LogP contribution in [-0.4, -0.2) is 147 Å². The molecule has 0 radical (unpaired) electrons. The lowest BCUT2D eigenvalue weighted by Gasteiger charge is -2.35. The maximum atomic E-state index is 12.0. The Kier molecular flexibility index (Phi) is 25.4. The molecule has 0 aromatic rings. The van der Waals surface area contributed by atoms with Gasteiger partial charge in [-0.15, -0.1) is 0 Å². The molecule has 0 aliphatic carbocycles. The summed E-state index contributed by atoms with van der Waals surface area (Å²) in [6.45, 7) is 27.5. The smallest absolute Gasteiger partial charge is 0.318 e. The lowest BCUT2D eigenvalue weighted by atomic mass is 10.2. The standard InChI is InChI=1S/C32H66O13Si2/c1-31(2,3)46(7,8)44-29(33)27-42-25-23-40-21-19-38-17-15-36-13-11-35-12-14-37-16-18-39-20-22-41-24-26-43-28-30(34)45-47(9,10)32(4,5)6/h11-28H2,1-10H3. The van der Waals surface area contributed by atoms with Gasteiger partial charge < -0.3 is 51.5 Å². The van der Waals surface area contributed by atoms with Crippen LogP contribution in [0, 0.1) is 0 Å². The van der Waals surface area contributed by atoms with Crippen molar-refractivity contribution >= 4 is 28.6 Å². The van der Waals surface area contributed by atoms with Crippen LogP contribution >= 0.6 is 0 Å². The highest BCUT2D eigenvalue weighted by Crippen LogP contribution is 2.37. The van der Waals surface area contributed by atoms with Crippen molar-refractivity contribution in [2.45, 2.75) is 77.8 Å². The summed E-state index contributed by atoms with van der Waals surface area (Å²) >= 11 is 0. The Morgan fingerprint density at radius 2 is 0.532 bits per heavy atom. The van der Waals surface area contributed by atoms with Crippen molar-refractivity contribution in [1.29, 1.82) is 0 Å². The van der Waals surface area contributed by atoms with E-state index in [1.54, 1.807) is 0 Å². The molecule has 280 valence electrons. The van der Waals surface area contributed by atoms with Crippen molar-refractivity contribution in [1.82, 2.24) is 0 Å². The minimum Gasteiger partial charge on any atom is -0.517 e. The van der Waals surface area contributed by atoms with E-state index in [2.05, 4.69) is 41.5 Å². The maximum absolute atomic E-state index is 12.0. The minimum absolute atomic E-state index is 0.0261. The van der Waals surface area contributed by atoms with Crippen molar-refractivity contribution in [2.75, 3.05) is 119 Å². The number of carbonyl (C=O) groups excluding carboxylic acids is 2. The summed E-state index contributed by atoms with van der Waals surface area (Å²) in [5, 5.41) is -0.0522. The third kappa shape index (κ3) is 25.6. The van der Waals surface area contributed by atoms with Crippen LogP contribution in [0.25, 0.3) is 0 Å². The fourth-order valence-corrected chi connectivity index (χ4v) is 4.77. The summed E-state index contributed by atoms with van der Waals surface area (Å²) in [4.78, 5) is 23.9. The molecule has 0 unspecified atom stereocenters. The highest BCUT2D eigenvalue weighted by molar-refractivity contribution is 6.75. The monoisotopic (exact) mass is 714 g/mol. The van der Waals surface area contributed by atoms with Crippen LogP contribution < -0.4 is 0 Å². The van der Waals surface area contributed by atoms with E-state index in [-0.39, 0.29) is 35.2 Å². The fraction of sp³-hybridized carbons (Fsp3) is 0.938. The van der Waals surface area contributed by atoms with Crippen molar-refractivity contribution in [2.24, 2.45) is 0 Å². The van der Waals surface area contributed by atoms with Crippen molar-refractivity contribution in [3.05, 3.63) is 0 Å². The Labute approximate surface area is 286 Å². The molecule has 0 rings (SSSR count). The molecule has 0 aromatic heterocycles. The van der Waals surface area contributed by atoms with Gasteiger partial charge in [0, 0.05) is 0 Å². The summed E-state index contributed by atoms with van der Waals surface area (Å²) in [5.74, 6) is -0.642. The van der Waals surface area contributed by atoms with Gasteiger partial charge in [-0.2, -0.15) is 0 Å². The summed E-state index contributed by atoms with van der Waals surface area (Å²) in [5.41, 5.74) is 0. The zero-order chi connectivity index (χ0) is 35.7. The third-order valence-electron chi connectivity index (χ3n) is 7.77. The molecule has 13 nitrogen and oxygen atoms in total. The van der Waals surface area contributed by atoms with Gasteiger partial charge in [-0.3, -0.25) is 9.59 Å². The summed E-state index contributed by atoms with van der Waals surface area (Å²) in [6.07, 6.45) is 0. The Hall–Kier alpha value is -0.986. The van der Waals surface area contributed by atoms with Gasteiger partial charge in [0.1, 0.15) is 13.2 Å². The molecule has 0 aromatic carbocycles. The molecule has 0 heterocycles. The van der Waals surface area contributed by atoms with E-state index in [9.17, 15) is 9.59 Å². The lowest BCUT2D eigenvalue weighted by Crippen LogP contribution is -2.43. The van der Waals surface area contributed by atoms with Gasteiger partial charge in [0.25, 0.3) is 16.6 Å². The number of rotatable bonds is 30. The lowest BCUT2D eigenvalue weighted by molar-refractivity contribution is -0.142. The van der Waals surface area contributed by atoms with E-state index in [0.717, 1.165) is 0 Å². The van der Waals surface area contributed by atoms with E-state index in [0.29, 0.717) is 106 Å². The second kappa shape index (κ2) is 25.9. The van der Waals surface area contributed by atoms with Gasteiger partial charge in [0.15, 0.2) is 0 Å². The molecule has 0 amide bonds. The molecule has 0 bridgehead atoms. The molecule has 0 saturated heterocycles. The summed E-state index contributed by atoms with van der Waals surface area (Å²) < 4.78 is 60.2. The quantitative estimate of drug-likeness (QED) is 0.0777.